The van der Waals surface area contributed by atoms with Crippen molar-refractivity contribution in [1.29, 1.82) is 0 Å². The largest absolute Gasteiger partial charge is 0.460 e. The summed E-state index contributed by atoms with van der Waals surface area (Å²) in [6.45, 7) is 1.50. The van der Waals surface area contributed by atoms with Gasteiger partial charge in [0.25, 0.3) is 0 Å². The SMILES string of the molecule is Cl.Clc1cc(Br)ccc1-c1ccc(CNCc2ccccc2)o1. The van der Waals surface area contributed by atoms with E-state index in [1.807, 2.05) is 48.5 Å². The molecule has 23 heavy (non-hydrogen) atoms. The normalized spacial score (nSPS) is 10.3. The molecule has 2 nitrogen and oxygen atoms in total. The van der Waals surface area contributed by atoms with Crippen LogP contribution in [0.2, 0.25) is 5.02 Å². The Morgan fingerprint density at radius 2 is 1.74 bits per heavy atom. The monoisotopic (exact) mass is 411 g/mol. The number of benzene rings is 2. The second-order valence-electron chi connectivity index (χ2n) is 4.98. The van der Waals surface area contributed by atoms with E-state index in [-0.39, 0.29) is 12.4 Å². The van der Waals surface area contributed by atoms with Crippen LogP contribution in [-0.4, -0.2) is 0 Å². The summed E-state index contributed by atoms with van der Waals surface area (Å²) in [6, 6.07) is 20.0. The van der Waals surface area contributed by atoms with Gasteiger partial charge in [-0.15, -0.1) is 12.4 Å². The average molecular weight is 413 g/mol. The predicted molar refractivity (Wildman–Crippen MR) is 101 cm³/mol. The molecule has 0 spiro atoms. The molecule has 0 amide bonds. The van der Waals surface area contributed by atoms with Crippen LogP contribution in [0.3, 0.4) is 0 Å². The minimum Gasteiger partial charge on any atom is -0.460 e. The molecule has 1 aromatic heterocycles. The lowest BCUT2D eigenvalue weighted by atomic mass is 10.2. The standard InChI is InChI=1S/C18H15BrClNO.ClH/c19-14-6-8-16(17(20)10-14)18-9-7-15(22-18)12-21-11-13-4-2-1-3-5-13;/h1-10,21H,11-12H2;1H. The Balaban J connectivity index is 0.00000192. The molecule has 0 unspecified atom stereocenters. The van der Waals surface area contributed by atoms with Gasteiger partial charge in [0, 0.05) is 16.6 Å². The summed E-state index contributed by atoms with van der Waals surface area (Å²) in [5.41, 5.74) is 2.16. The first-order chi connectivity index (χ1) is 10.7. The van der Waals surface area contributed by atoms with E-state index >= 15 is 0 Å². The molecule has 1 N–H and O–H groups in total. The first-order valence-corrected chi connectivity index (χ1v) is 8.18. The number of nitrogens with one attached hydrogen (secondary N) is 1. The van der Waals surface area contributed by atoms with Gasteiger partial charge in [-0.1, -0.05) is 57.9 Å². The minimum absolute atomic E-state index is 0. The topological polar surface area (TPSA) is 25.2 Å². The molecule has 0 aliphatic carbocycles. The van der Waals surface area contributed by atoms with E-state index in [1.165, 1.54) is 5.56 Å². The van der Waals surface area contributed by atoms with Crippen LogP contribution in [0.25, 0.3) is 11.3 Å². The number of rotatable bonds is 5. The predicted octanol–water partition coefficient (Wildman–Crippen LogP) is 6.07. The molecule has 1 heterocycles. The van der Waals surface area contributed by atoms with Crippen molar-refractivity contribution in [1.82, 2.24) is 5.32 Å². The van der Waals surface area contributed by atoms with Gasteiger partial charge in [-0.05, 0) is 35.9 Å². The maximum absolute atomic E-state index is 6.25. The van der Waals surface area contributed by atoms with Crippen molar-refractivity contribution >= 4 is 39.9 Å². The van der Waals surface area contributed by atoms with Gasteiger partial charge in [0.05, 0.1) is 11.6 Å². The van der Waals surface area contributed by atoms with E-state index in [1.54, 1.807) is 0 Å². The molecule has 0 saturated heterocycles. The van der Waals surface area contributed by atoms with E-state index in [2.05, 4.69) is 33.4 Å². The van der Waals surface area contributed by atoms with E-state index in [4.69, 9.17) is 16.0 Å². The van der Waals surface area contributed by atoms with Gasteiger partial charge in [-0.3, -0.25) is 0 Å². The van der Waals surface area contributed by atoms with Gasteiger partial charge in [0.2, 0.25) is 0 Å². The lowest BCUT2D eigenvalue weighted by molar-refractivity contribution is 0.493. The Morgan fingerprint density at radius 3 is 2.48 bits per heavy atom. The van der Waals surface area contributed by atoms with Crippen LogP contribution in [-0.2, 0) is 13.1 Å². The van der Waals surface area contributed by atoms with Gasteiger partial charge < -0.3 is 9.73 Å². The van der Waals surface area contributed by atoms with Crippen molar-refractivity contribution < 1.29 is 4.42 Å². The molecular weight excluding hydrogens is 397 g/mol. The van der Waals surface area contributed by atoms with E-state index in [9.17, 15) is 0 Å². The Bertz CT molecular complexity index is 759. The smallest absolute Gasteiger partial charge is 0.135 e. The Hall–Kier alpha value is -1.26. The molecule has 3 aromatic rings. The summed E-state index contributed by atoms with van der Waals surface area (Å²) >= 11 is 9.66. The molecule has 2 aromatic carbocycles. The Kier molecular flexibility index (Phi) is 6.72. The fourth-order valence-corrected chi connectivity index (χ4v) is 3.00. The molecule has 0 fully saturated rings. The van der Waals surface area contributed by atoms with Crippen LogP contribution in [0.1, 0.15) is 11.3 Å². The maximum atomic E-state index is 6.25. The van der Waals surface area contributed by atoms with Crippen molar-refractivity contribution in [2.75, 3.05) is 0 Å². The quantitative estimate of drug-likeness (QED) is 0.549. The molecule has 120 valence electrons. The fourth-order valence-electron chi connectivity index (χ4n) is 2.23. The van der Waals surface area contributed by atoms with Crippen LogP contribution in [0.5, 0.6) is 0 Å². The van der Waals surface area contributed by atoms with Crippen molar-refractivity contribution in [2.24, 2.45) is 0 Å². The first kappa shape index (κ1) is 18.1. The Morgan fingerprint density at radius 1 is 0.957 bits per heavy atom. The van der Waals surface area contributed by atoms with Gasteiger partial charge >= 0.3 is 0 Å². The van der Waals surface area contributed by atoms with Crippen LogP contribution in [0.4, 0.5) is 0 Å². The van der Waals surface area contributed by atoms with Crippen LogP contribution in [0, 0.1) is 0 Å². The van der Waals surface area contributed by atoms with Gasteiger partial charge in [-0.2, -0.15) is 0 Å². The summed E-state index contributed by atoms with van der Waals surface area (Å²) in [5, 5.41) is 4.05. The maximum Gasteiger partial charge on any atom is 0.135 e. The summed E-state index contributed by atoms with van der Waals surface area (Å²) in [6.07, 6.45) is 0. The van der Waals surface area contributed by atoms with Crippen molar-refractivity contribution in [3.05, 3.63) is 81.5 Å². The van der Waals surface area contributed by atoms with Gasteiger partial charge in [0.1, 0.15) is 11.5 Å². The number of furan rings is 1. The number of halogens is 3. The highest BCUT2D eigenvalue weighted by atomic mass is 79.9. The summed E-state index contributed by atoms with van der Waals surface area (Å²) < 4.78 is 6.82. The molecule has 0 atom stereocenters. The number of hydrogen-bond acceptors (Lipinski definition) is 2. The molecule has 5 heteroatoms. The molecule has 0 bridgehead atoms. The third-order valence-electron chi connectivity index (χ3n) is 3.33. The van der Waals surface area contributed by atoms with Crippen LogP contribution >= 0.6 is 39.9 Å². The lowest BCUT2D eigenvalue weighted by Crippen LogP contribution is -2.11. The average Bonchev–Trinajstić information content (AvgIpc) is 2.97. The third kappa shape index (κ3) is 4.85. The zero-order valence-corrected chi connectivity index (χ0v) is 15.4. The third-order valence-corrected chi connectivity index (χ3v) is 4.14. The Labute approximate surface area is 155 Å². The van der Waals surface area contributed by atoms with Crippen LogP contribution < -0.4 is 5.32 Å². The molecule has 0 aliphatic heterocycles. The molecule has 0 saturated carbocycles. The van der Waals surface area contributed by atoms with E-state index in [0.29, 0.717) is 11.6 Å². The summed E-state index contributed by atoms with van der Waals surface area (Å²) in [5.74, 6) is 1.68. The van der Waals surface area contributed by atoms with Gasteiger partial charge in [-0.25, -0.2) is 0 Å². The van der Waals surface area contributed by atoms with Gasteiger partial charge in [0.15, 0.2) is 0 Å². The van der Waals surface area contributed by atoms with Crippen molar-refractivity contribution in [3.8, 4) is 11.3 Å². The lowest BCUT2D eigenvalue weighted by Gasteiger charge is -2.03. The fraction of sp³-hybridized carbons (Fsp3) is 0.111. The highest BCUT2D eigenvalue weighted by molar-refractivity contribution is 9.10. The second kappa shape index (κ2) is 8.55. The summed E-state index contributed by atoms with van der Waals surface area (Å²) in [4.78, 5) is 0. The molecule has 3 rings (SSSR count). The minimum atomic E-state index is 0. The molecular formula is C18H16BrCl2NO. The first-order valence-electron chi connectivity index (χ1n) is 7.01. The second-order valence-corrected chi connectivity index (χ2v) is 6.30. The van der Waals surface area contributed by atoms with Crippen molar-refractivity contribution in [3.63, 3.8) is 0 Å². The number of hydrogen-bond donors (Lipinski definition) is 1. The van der Waals surface area contributed by atoms with Crippen LogP contribution in [0.15, 0.2) is 69.6 Å². The van der Waals surface area contributed by atoms with Crippen molar-refractivity contribution in [2.45, 2.75) is 13.1 Å². The zero-order valence-electron chi connectivity index (χ0n) is 12.3. The van der Waals surface area contributed by atoms with E-state index in [0.717, 1.165) is 28.1 Å². The highest BCUT2D eigenvalue weighted by Gasteiger charge is 2.09. The summed E-state index contributed by atoms with van der Waals surface area (Å²) in [7, 11) is 0. The molecule has 0 aliphatic rings. The highest BCUT2D eigenvalue weighted by Crippen LogP contribution is 2.31. The van der Waals surface area contributed by atoms with E-state index < -0.39 is 0 Å². The zero-order chi connectivity index (χ0) is 15.4. The molecule has 0 radical (unpaired) electrons.